The molecule has 0 fully saturated rings. The first-order valence-corrected chi connectivity index (χ1v) is 8.27. The molecule has 0 aliphatic heterocycles. The summed E-state index contributed by atoms with van der Waals surface area (Å²) in [6, 6.07) is 14.9. The van der Waals surface area contributed by atoms with Crippen LogP contribution in [0.4, 0.5) is 5.69 Å². The standard InChI is InChI=1S/C17H12N6OS/c24-17(15-7-6-14(25-15)12-4-2-8-18-10-12)19-13-5-1-3-11(9-13)16-20-22-23-21-16/h1-10H,(H,19,24)(H,20,21,22,23). The highest BCUT2D eigenvalue weighted by molar-refractivity contribution is 7.17. The molecule has 0 atom stereocenters. The molecule has 0 saturated heterocycles. The van der Waals surface area contributed by atoms with E-state index in [4.69, 9.17) is 0 Å². The van der Waals surface area contributed by atoms with E-state index in [1.165, 1.54) is 11.3 Å². The summed E-state index contributed by atoms with van der Waals surface area (Å²) in [7, 11) is 0. The number of rotatable bonds is 4. The number of carbonyl (C=O) groups excluding carboxylic acids is 1. The fraction of sp³-hybridized carbons (Fsp3) is 0. The minimum absolute atomic E-state index is 0.162. The van der Waals surface area contributed by atoms with Crippen LogP contribution >= 0.6 is 11.3 Å². The molecule has 122 valence electrons. The van der Waals surface area contributed by atoms with E-state index in [0.717, 1.165) is 16.0 Å². The Bertz CT molecular complexity index is 997. The molecule has 4 rings (SSSR count). The summed E-state index contributed by atoms with van der Waals surface area (Å²) in [6.07, 6.45) is 3.50. The van der Waals surface area contributed by atoms with Gasteiger partial charge in [0, 0.05) is 34.1 Å². The Morgan fingerprint density at radius 1 is 1.08 bits per heavy atom. The number of benzene rings is 1. The number of aromatic amines is 1. The zero-order valence-corrected chi connectivity index (χ0v) is 13.7. The molecule has 3 heterocycles. The Morgan fingerprint density at radius 3 is 2.80 bits per heavy atom. The monoisotopic (exact) mass is 348 g/mol. The molecule has 8 heteroatoms. The SMILES string of the molecule is O=C(Nc1cccc(-c2nn[nH]n2)c1)c1ccc(-c2cccnc2)s1. The Kier molecular flexibility index (Phi) is 4.01. The van der Waals surface area contributed by atoms with E-state index >= 15 is 0 Å². The van der Waals surface area contributed by atoms with Gasteiger partial charge in [-0.3, -0.25) is 9.78 Å². The number of thiophene rings is 1. The van der Waals surface area contributed by atoms with Crippen molar-refractivity contribution in [3.63, 3.8) is 0 Å². The lowest BCUT2D eigenvalue weighted by atomic mass is 10.2. The molecule has 3 aromatic heterocycles. The molecule has 1 amide bonds. The van der Waals surface area contributed by atoms with Crippen molar-refractivity contribution < 1.29 is 4.79 Å². The summed E-state index contributed by atoms with van der Waals surface area (Å²) < 4.78 is 0. The number of hydrogen-bond donors (Lipinski definition) is 2. The van der Waals surface area contributed by atoms with Crippen LogP contribution in [0, 0.1) is 0 Å². The second kappa shape index (κ2) is 6.62. The van der Waals surface area contributed by atoms with Gasteiger partial charge in [0.05, 0.1) is 4.88 Å². The Balaban J connectivity index is 1.53. The van der Waals surface area contributed by atoms with E-state index in [0.29, 0.717) is 16.4 Å². The number of carbonyl (C=O) groups is 1. The second-order valence-corrected chi connectivity index (χ2v) is 6.26. The third-order valence-electron chi connectivity index (χ3n) is 3.50. The van der Waals surface area contributed by atoms with E-state index in [-0.39, 0.29) is 5.91 Å². The van der Waals surface area contributed by atoms with Gasteiger partial charge >= 0.3 is 0 Å². The molecule has 25 heavy (non-hydrogen) atoms. The average molecular weight is 348 g/mol. The summed E-state index contributed by atoms with van der Waals surface area (Å²) in [5.41, 5.74) is 2.43. The van der Waals surface area contributed by atoms with E-state index in [9.17, 15) is 4.79 Å². The summed E-state index contributed by atoms with van der Waals surface area (Å²) >= 11 is 1.42. The molecule has 1 aromatic carbocycles. The van der Waals surface area contributed by atoms with Gasteiger partial charge in [-0.05, 0) is 35.5 Å². The zero-order chi connectivity index (χ0) is 17.1. The summed E-state index contributed by atoms with van der Waals surface area (Å²) in [5.74, 6) is 0.316. The molecule has 0 spiro atoms. The number of pyridine rings is 1. The molecule has 4 aromatic rings. The van der Waals surface area contributed by atoms with Gasteiger partial charge in [-0.25, -0.2) is 0 Å². The third-order valence-corrected chi connectivity index (χ3v) is 4.63. The largest absolute Gasteiger partial charge is 0.321 e. The molecule has 0 bridgehead atoms. The van der Waals surface area contributed by atoms with Crippen molar-refractivity contribution >= 4 is 22.9 Å². The first kappa shape index (κ1) is 15.2. The number of H-pyrrole nitrogens is 1. The Labute approximate surface area is 146 Å². The van der Waals surface area contributed by atoms with Crippen molar-refractivity contribution in [3.05, 3.63) is 65.8 Å². The van der Waals surface area contributed by atoms with Crippen molar-refractivity contribution in [1.82, 2.24) is 25.6 Å². The number of tetrazole rings is 1. The molecule has 7 nitrogen and oxygen atoms in total. The van der Waals surface area contributed by atoms with Crippen LogP contribution in [0.25, 0.3) is 21.8 Å². The first-order valence-electron chi connectivity index (χ1n) is 7.45. The normalized spacial score (nSPS) is 10.6. The van der Waals surface area contributed by atoms with Gasteiger partial charge in [-0.15, -0.1) is 21.5 Å². The van der Waals surface area contributed by atoms with Crippen molar-refractivity contribution in [3.8, 4) is 21.8 Å². The number of amides is 1. The van der Waals surface area contributed by atoms with Crippen LogP contribution < -0.4 is 5.32 Å². The van der Waals surface area contributed by atoms with Crippen molar-refractivity contribution in [2.45, 2.75) is 0 Å². The lowest BCUT2D eigenvalue weighted by Crippen LogP contribution is -2.09. The Hall–Kier alpha value is -3.39. The van der Waals surface area contributed by atoms with Crippen LogP contribution in [0.15, 0.2) is 60.9 Å². The van der Waals surface area contributed by atoms with Crippen LogP contribution in [0.2, 0.25) is 0 Å². The molecule has 2 N–H and O–H groups in total. The topological polar surface area (TPSA) is 96.5 Å². The van der Waals surface area contributed by atoms with Gasteiger partial charge in [0.1, 0.15) is 0 Å². The van der Waals surface area contributed by atoms with Crippen LogP contribution in [-0.4, -0.2) is 31.5 Å². The van der Waals surface area contributed by atoms with E-state index in [1.807, 2.05) is 42.5 Å². The van der Waals surface area contributed by atoms with Crippen LogP contribution in [0.1, 0.15) is 9.67 Å². The number of nitrogens with one attached hydrogen (secondary N) is 2. The highest BCUT2D eigenvalue weighted by Gasteiger charge is 2.12. The average Bonchev–Trinajstić information content (AvgIpc) is 3.35. The lowest BCUT2D eigenvalue weighted by Gasteiger charge is -2.04. The quantitative estimate of drug-likeness (QED) is 0.590. The fourth-order valence-electron chi connectivity index (χ4n) is 2.34. The predicted molar refractivity (Wildman–Crippen MR) is 95.1 cm³/mol. The maximum absolute atomic E-state index is 12.5. The molecule has 0 aliphatic rings. The van der Waals surface area contributed by atoms with Crippen LogP contribution in [0.5, 0.6) is 0 Å². The summed E-state index contributed by atoms with van der Waals surface area (Å²) in [4.78, 5) is 18.2. The zero-order valence-electron chi connectivity index (χ0n) is 12.9. The molecule has 0 aliphatic carbocycles. The number of anilines is 1. The lowest BCUT2D eigenvalue weighted by molar-refractivity contribution is 0.103. The predicted octanol–water partition coefficient (Wildman–Crippen LogP) is 3.24. The first-order chi connectivity index (χ1) is 12.3. The fourth-order valence-corrected chi connectivity index (χ4v) is 3.23. The van der Waals surface area contributed by atoms with E-state index in [1.54, 1.807) is 18.5 Å². The maximum Gasteiger partial charge on any atom is 0.265 e. The van der Waals surface area contributed by atoms with Gasteiger partial charge < -0.3 is 5.32 Å². The number of nitrogens with zero attached hydrogens (tertiary/aromatic N) is 4. The molecular weight excluding hydrogens is 336 g/mol. The summed E-state index contributed by atoms with van der Waals surface area (Å²) in [5, 5.41) is 16.7. The number of hydrogen-bond acceptors (Lipinski definition) is 6. The second-order valence-electron chi connectivity index (χ2n) is 5.18. The number of aromatic nitrogens is 5. The van der Waals surface area contributed by atoms with Crippen molar-refractivity contribution in [2.24, 2.45) is 0 Å². The molecule has 0 radical (unpaired) electrons. The minimum atomic E-state index is -0.162. The van der Waals surface area contributed by atoms with E-state index < -0.39 is 0 Å². The Morgan fingerprint density at radius 2 is 2.00 bits per heavy atom. The molecule has 0 saturated carbocycles. The highest BCUT2D eigenvalue weighted by atomic mass is 32.1. The van der Waals surface area contributed by atoms with Crippen LogP contribution in [-0.2, 0) is 0 Å². The highest BCUT2D eigenvalue weighted by Crippen LogP contribution is 2.28. The van der Waals surface area contributed by atoms with Gasteiger partial charge in [-0.1, -0.05) is 18.2 Å². The van der Waals surface area contributed by atoms with Gasteiger partial charge in [0.2, 0.25) is 5.82 Å². The van der Waals surface area contributed by atoms with Crippen molar-refractivity contribution in [1.29, 1.82) is 0 Å². The minimum Gasteiger partial charge on any atom is -0.321 e. The van der Waals surface area contributed by atoms with Crippen LogP contribution in [0.3, 0.4) is 0 Å². The maximum atomic E-state index is 12.5. The van der Waals surface area contributed by atoms with Gasteiger partial charge in [-0.2, -0.15) is 5.21 Å². The van der Waals surface area contributed by atoms with Gasteiger partial charge in [0.25, 0.3) is 5.91 Å². The van der Waals surface area contributed by atoms with E-state index in [2.05, 4.69) is 30.9 Å². The summed E-state index contributed by atoms with van der Waals surface area (Å²) in [6.45, 7) is 0. The molecular formula is C17H12N6OS. The smallest absolute Gasteiger partial charge is 0.265 e. The molecule has 0 unspecified atom stereocenters. The third kappa shape index (κ3) is 3.29. The van der Waals surface area contributed by atoms with Crippen molar-refractivity contribution in [2.75, 3.05) is 5.32 Å². The van der Waals surface area contributed by atoms with Gasteiger partial charge in [0.15, 0.2) is 0 Å².